The highest BCUT2D eigenvalue weighted by molar-refractivity contribution is 5.43. The molecule has 0 unspecified atom stereocenters. The molecule has 1 saturated carbocycles. The number of rotatable bonds is 6. The lowest BCUT2D eigenvalue weighted by Gasteiger charge is -2.11. The number of aromatic nitrogens is 2. The van der Waals surface area contributed by atoms with Crippen LogP contribution in [-0.4, -0.2) is 16.3 Å². The van der Waals surface area contributed by atoms with Crippen LogP contribution in [0.5, 0.6) is 0 Å². The first-order valence-electron chi connectivity index (χ1n) is 7.64. The second-order valence-electron chi connectivity index (χ2n) is 5.70. The van der Waals surface area contributed by atoms with Gasteiger partial charge in [0.15, 0.2) is 0 Å². The summed E-state index contributed by atoms with van der Waals surface area (Å²) < 4.78 is 2.16. The van der Waals surface area contributed by atoms with Crippen molar-refractivity contribution in [1.82, 2.24) is 15.1 Å². The van der Waals surface area contributed by atoms with Crippen LogP contribution in [0.4, 0.5) is 0 Å². The maximum absolute atomic E-state index is 4.66. The molecule has 1 aromatic heterocycles. The number of para-hydroxylation sites is 1. The van der Waals surface area contributed by atoms with Crippen LogP contribution < -0.4 is 5.32 Å². The van der Waals surface area contributed by atoms with Crippen molar-refractivity contribution in [3.8, 4) is 5.69 Å². The van der Waals surface area contributed by atoms with E-state index in [1.807, 2.05) is 6.20 Å². The smallest absolute Gasteiger partial charge is 0.0678 e. The van der Waals surface area contributed by atoms with Crippen LogP contribution in [0.3, 0.4) is 0 Å². The number of hydrogen-bond donors (Lipinski definition) is 1. The van der Waals surface area contributed by atoms with E-state index in [4.69, 9.17) is 0 Å². The summed E-state index contributed by atoms with van der Waals surface area (Å²) >= 11 is 0. The molecule has 2 aromatic rings. The van der Waals surface area contributed by atoms with Gasteiger partial charge in [0, 0.05) is 18.0 Å². The maximum Gasteiger partial charge on any atom is 0.0678 e. The van der Waals surface area contributed by atoms with Crippen LogP contribution in [0.1, 0.15) is 48.9 Å². The van der Waals surface area contributed by atoms with Gasteiger partial charge < -0.3 is 5.32 Å². The summed E-state index contributed by atoms with van der Waals surface area (Å²) in [6.07, 6.45) is 5.82. The monoisotopic (exact) mass is 269 g/mol. The molecular weight excluding hydrogens is 246 g/mol. The SMILES string of the molecule is CCCNCc1cnn(-c2ccccc2C)c1C1CC1. The zero-order chi connectivity index (χ0) is 13.9. The van der Waals surface area contributed by atoms with Gasteiger partial charge >= 0.3 is 0 Å². The van der Waals surface area contributed by atoms with E-state index in [9.17, 15) is 0 Å². The third-order valence-electron chi connectivity index (χ3n) is 3.94. The summed E-state index contributed by atoms with van der Waals surface area (Å²) in [7, 11) is 0. The van der Waals surface area contributed by atoms with E-state index in [1.54, 1.807) is 0 Å². The quantitative estimate of drug-likeness (QED) is 0.813. The normalized spacial score (nSPS) is 14.7. The van der Waals surface area contributed by atoms with Gasteiger partial charge in [-0.15, -0.1) is 0 Å². The predicted octanol–water partition coefficient (Wildman–Crippen LogP) is 3.56. The lowest BCUT2D eigenvalue weighted by molar-refractivity contribution is 0.669. The van der Waals surface area contributed by atoms with Crippen LogP contribution in [0, 0.1) is 6.92 Å². The van der Waals surface area contributed by atoms with Gasteiger partial charge in [0.25, 0.3) is 0 Å². The van der Waals surface area contributed by atoms with Crippen molar-refractivity contribution < 1.29 is 0 Å². The Morgan fingerprint density at radius 1 is 1.30 bits per heavy atom. The van der Waals surface area contributed by atoms with E-state index in [1.165, 1.54) is 41.8 Å². The zero-order valence-corrected chi connectivity index (χ0v) is 12.4. The summed E-state index contributed by atoms with van der Waals surface area (Å²) in [4.78, 5) is 0. The first kappa shape index (κ1) is 13.4. The third kappa shape index (κ3) is 2.63. The Kier molecular flexibility index (Phi) is 3.88. The minimum absolute atomic E-state index is 0.704. The Labute approximate surface area is 121 Å². The van der Waals surface area contributed by atoms with Crippen LogP contribution in [0.25, 0.3) is 5.69 Å². The average molecular weight is 269 g/mol. The second-order valence-corrected chi connectivity index (χ2v) is 5.70. The Hall–Kier alpha value is -1.61. The average Bonchev–Trinajstić information content (AvgIpc) is 3.21. The summed E-state index contributed by atoms with van der Waals surface area (Å²) in [6, 6.07) is 8.50. The molecule has 3 heteroatoms. The van der Waals surface area contributed by atoms with Gasteiger partial charge in [0.2, 0.25) is 0 Å². The van der Waals surface area contributed by atoms with Crippen molar-refractivity contribution in [1.29, 1.82) is 0 Å². The molecule has 0 aliphatic heterocycles. The van der Waals surface area contributed by atoms with E-state index in [0.717, 1.165) is 13.1 Å². The third-order valence-corrected chi connectivity index (χ3v) is 3.94. The lowest BCUT2D eigenvalue weighted by Crippen LogP contribution is -2.15. The van der Waals surface area contributed by atoms with Crippen molar-refractivity contribution in [3.05, 3.63) is 47.3 Å². The molecule has 1 aromatic carbocycles. The molecule has 0 bridgehead atoms. The number of hydrogen-bond acceptors (Lipinski definition) is 2. The van der Waals surface area contributed by atoms with E-state index >= 15 is 0 Å². The Bertz CT molecular complexity index is 582. The zero-order valence-electron chi connectivity index (χ0n) is 12.4. The van der Waals surface area contributed by atoms with Gasteiger partial charge in [-0.25, -0.2) is 4.68 Å². The van der Waals surface area contributed by atoms with Crippen LogP contribution in [0.2, 0.25) is 0 Å². The first-order chi connectivity index (χ1) is 9.81. The van der Waals surface area contributed by atoms with Gasteiger partial charge in [-0.1, -0.05) is 25.1 Å². The second kappa shape index (κ2) is 5.80. The molecule has 1 fully saturated rings. The Balaban J connectivity index is 1.93. The number of nitrogens with zero attached hydrogens (tertiary/aromatic N) is 2. The van der Waals surface area contributed by atoms with E-state index in [2.05, 4.69) is 53.2 Å². The van der Waals surface area contributed by atoms with Crippen molar-refractivity contribution in [3.63, 3.8) is 0 Å². The molecular formula is C17H23N3. The number of nitrogens with one attached hydrogen (secondary N) is 1. The number of aryl methyl sites for hydroxylation is 1. The fraction of sp³-hybridized carbons (Fsp3) is 0.471. The molecule has 0 saturated heterocycles. The van der Waals surface area contributed by atoms with Crippen LogP contribution in [-0.2, 0) is 6.54 Å². The Morgan fingerprint density at radius 3 is 2.80 bits per heavy atom. The highest BCUT2D eigenvalue weighted by Gasteiger charge is 2.30. The number of benzene rings is 1. The van der Waals surface area contributed by atoms with Crippen LogP contribution in [0.15, 0.2) is 30.5 Å². The van der Waals surface area contributed by atoms with Gasteiger partial charge in [-0.3, -0.25) is 0 Å². The van der Waals surface area contributed by atoms with Crippen molar-refractivity contribution in [2.45, 2.75) is 45.6 Å². The highest BCUT2D eigenvalue weighted by Crippen LogP contribution is 2.42. The van der Waals surface area contributed by atoms with Gasteiger partial charge in [-0.05, 0) is 44.4 Å². The molecule has 1 N–H and O–H groups in total. The largest absolute Gasteiger partial charge is 0.313 e. The molecule has 0 amide bonds. The molecule has 1 heterocycles. The summed E-state index contributed by atoms with van der Waals surface area (Å²) in [5.74, 6) is 0.704. The van der Waals surface area contributed by atoms with E-state index < -0.39 is 0 Å². The van der Waals surface area contributed by atoms with Gasteiger partial charge in [0.1, 0.15) is 0 Å². The molecule has 20 heavy (non-hydrogen) atoms. The summed E-state index contributed by atoms with van der Waals surface area (Å²) in [6.45, 7) is 6.36. The van der Waals surface area contributed by atoms with Crippen molar-refractivity contribution in [2.75, 3.05) is 6.54 Å². The van der Waals surface area contributed by atoms with Crippen LogP contribution >= 0.6 is 0 Å². The lowest BCUT2D eigenvalue weighted by atomic mass is 10.1. The van der Waals surface area contributed by atoms with Crippen molar-refractivity contribution in [2.24, 2.45) is 0 Å². The minimum atomic E-state index is 0.704. The fourth-order valence-corrected chi connectivity index (χ4v) is 2.71. The molecule has 3 rings (SSSR count). The molecule has 0 radical (unpaired) electrons. The summed E-state index contributed by atoms with van der Waals surface area (Å²) in [5, 5.41) is 8.16. The minimum Gasteiger partial charge on any atom is -0.313 e. The molecule has 1 aliphatic carbocycles. The summed E-state index contributed by atoms with van der Waals surface area (Å²) in [5.41, 5.74) is 5.29. The molecule has 3 nitrogen and oxygen atoms in total. The topological polar surface area (TPSA) is 29.9 Å². The maximum atomic E-state index is 4.66. The predicted molar refractivity (Wildman–Crippen MR) is 82.3 cm³/mol. The highest BCUT2D eigenvalue weighted by atomic mass is 15.3. The molecule has 0 spiro atoms. The van der Waals surface area contributed by atoms with Gasteiger partial charge in [-0.2, -0.15) is 5.10 Å². The van der Waals surface area contributed by atoms with Gasteiger partial charge in [0.05, 0.1) is 17.6 Å². The van der Waals surface area contributed by atoms with Crippen molar-refractivity contribution >= 4 is 0 Å². The van der Waals surface area contributed by atoms with E-state index in [0.29, 0.717) is 5.92 Å². The molecule has 0 atom stereocenters. The fourth-order valence-electron chi connectivity index (χ4n) is 2.71. The molecule has 106 valence electrons. The first-order valence-corrected chi connectivity index (χ1v) is 7.64. The Morgan fingerprint density at radius 2 is 2.10 bits per heavy atom. The molecule has 1 aliphatic rings. The van der Waals surface area contributed by atoms with E-state index in [-0.39, 0.29) is 0 Å². The standard InChI is InChI=1S/C17H23N3/c1-3-10-18-11-15-12-19-20(17(15)14-8-9-14)16-7-5-4-6-13(16)2/h4-7,12,14,18H,3,8-11H2,1-2H3.